The molecule has 20 heavy (non-hydrogen) atoms. The van der Waals surface area contributed by atoms with Crippen LogP contribution in [-0.4, -0.2) is 24.7 Å². The van der Waals surface area contributed by atoms with Crippen molar-refractivity contribution < 1.29 is 4.52 Å². The number of rotatable bonds is 2. The second-order valence-corrected chi connectivity index (χ2v) is 5.36. The van der Waals surface area contributed by atoms with Gasteiger partial charge in [0.05, 0.1) is 11.4 Å². The summed E-state index contributed by atoms with van der Waals surface area (Å²) < 4.78 is 7.22. The van der Waals surface area contributed by atoms with E-state index in [1.54, 1.807) is 24.3 Å². The van der Waals surface area contributed by atoms with Gasteiger partial charge < -0.3 is 4.52 Å². The van der Waals surface area contributed by atoms with Crippen LogP contribution in [0.2, 0.25) is 0 Å². The minimum Gasteiger partial charge on any atom is -0.339 e. The van der Waals surface area contributed by atoms with Crippen LogP contribution in [0, 0.1) is 0 Å². The summed E-state index contributed by atoms with van der Waals surface area (Å²) in [6.45, 7) is 1.98. The molecule has 0 aromatic carbocycles. The number of thioether (sulfide) groups is 1. The summed E-state index contributed by atoms with van der Waals surface area (Å²) in [5, 5.41) is 5.03. The SMILES string of the molecule is CCc1nc(-c2ncn3c2CSc2ncccc2-3)no1. The van der Waals surface area contributed by atoms with Crippen molar-refractivity contribution in [1.82, 2.24) is 24.7 Å². The van der Waals surface area contributed by atoms with Gasteiger partial charge in [-0.15, -0.1) is 0 Å². The average Bonchev–Trinajstić information content (AvgIpc) is 3.13. The van der Waals surface area contributed by atoms with Gasteiger partial charge in [-0.25, -0.2) is 9.97 Å². The van der Waals surface area contributed by atoms with Crippen molar-refractivity contribution in [2.45, 2.75) is 24.1 Å². The number of aryl methyl sites for hydroxylation is 1. The third-order valence-corrected chi connectivity index (χ3v) is 4.21. The van der Waals surface area contributed by atoms with E-state index in [0.717, 1.165) is 34.3 Å². The zero-order valence-electron chi connectivity index (χ0n) is 10.8. The Bertz CT molecular complexity index is 779. The van der Waals surface area contributed by atoms with Gasteiger partial charge in [0.1, 0.15) is 17.0 Å². The Morgan fingerprint density at radius 2 is 2.35 bits per heavy atom. The molecule has 0 radical (unpaired) electrons. The van der Waals surface area contributed by atoms with E-state index in [9.17, 15) is 0 Å². The summed E-state index contributed by atoms with van der Waals surface area (Å²) in [5.74, 6) is 1.99. The zero-order valence-corrected chi connectivity index (χ0v) is 11.6. The lowest BCUT2D eigenvalue weighted by molar-refractivity contribution is 0.382. The maximum absolute atomic E-state index is 5.17. The first-order valence-corrected chi connectivity index (χ1v) is 7.32. The van der Waals surface area contributed by atoms with E-state index in [-0.39, 0.29) is 0 Å². The molecular weight excluding hydrogens is 274 g/mol. The average molecular weight is 285 g/mol. The molecule has 0 fully saturated rings. The van der Waals surface area contributed by atoms with Crippen LogP contribution in [0.3, 0.4) is 0 Å². The van der Waals surface area contributed by atoms with Crippen LogP contribution in [0.25, 0.3) is 17.2 Å². The van der Waals surface area contributed by atoms with Gasteiger partial charge in [-0.05, 0) is 12.1 Å². The first kappa shape index (κ1) is 11.7. The van der Waals surface area contributed by atoms with Gasteiger partial charge in [0.15, 0.2) is 0 Å². The van der Waals surface area contributed by atoms with Crippen LogP contribution in [0.5, 0.6) is 0 Å². The van der Waals surface area contributed by atoms with Gasteiger partial charge in [0.25, 0.3) is 0 Å². The molecule has 4 rings (SSSR count). The molecule has 7 heteroatoms. The van der Waals surface area contributed by atoms with E-state index in [1.165, 1.54) is 0 Å². The van der Waals surface area contributed by atoms with Crippen LogP contribution in [-0.2, 0) is 12.2 Å². The molecule has 100 valence electrons. The van der Waals surface area contributed by atoms with Crippen LogP contribution >= 0.6 is 11.8 Å². The lowest BCUT2D eigenvalue weighted by Crippen LogP contribution is -2.06. The summed E-state index contributed by atoms with van der Waals surface area (Å²) in [6, 6.07) is 3.97. The van der Waals surface area contributed by atoms with E-state index in [4.69, 9.17) is 4.52 Å². The molecule has 0 spiro atoms. The predicted molar refractivity (Wildman–Crippen MR) is 73.6 cm³/mol. The lowest BCUT2D eigenvalue weighted by atomic mass is 10.3. The summed E-state index contributed by atoms with van der Waals surface area (Å²) in [7, 11) is 0. The van der Waals surface area contributed by atoms with Crippen LogP contribution < -0.4 is 0 Å². The summed E-state index contributed by atoms with van der Waals surface area (Å²) in [6.07, 6.45) is 4.33. The molecule has 0 atom stereocenters. The molecule has 0 saturated carbocycles. The molecular formula is C13H11N5OS. The van der Waals surface area contributed by atoms with E-state index < -0.39 is 0 Å². The highest BCUT2D eigenvalue weighted by atomic mass is 32.2. The van der Waals surface area contributed by atoms with E-state index >= 15 is 0 Å². The zero-order chi connectivity index (χ0) is 13.5. The smallest absolute Gasteiger partial charge is 0.226 e. The molecule has 0 unspecified atom stereocenters. The quantitative estimate of drug-likeness (QED) is 0.720. The minimum atomic E-state index is 0.559. The van der Waals surface area contributed by atoms with Crippen molar-refractivity contribution in [2.24, 2.45) is 0 Å². The number of hydrogen-bond acceptors (Lipinski definition) is 6. The number of fused-ring (bicyclic) bond motifs is 3. The van der Waals surface area contributed by atoms with Gasteiger partial charge >= 0.3 is 0 Å². The van der Waals surface area contributed by atoms with E-state index in [2.05, 4.69) is 24.7 Å². The van der Waals surface area contributed by atoms with Crippen LogP contribution in [0.4, 0.5) is 0 Å². The summed E-state index contributed by atoms with van der Waals surface area (Å²) in [4.78, 5) is 13.2. The molecule has 4 heterocycles. The van der Waals surface area contributed by atoms with Crippen molar-refractivity contribution in [2.75, 3.05) is 0 Å². The molecule has 0 saturated heterocycles. The third kappa shape index (κ3) is 1.66. The summed E-state index contributed by atoms with van der Waals surface area (Å²) in [5.41, 5.74) is 2.92. The molecule has 0 N–H and O–H groups in total. The molecule has 0 aliphatic carbocycles. The predicted octanol–water partition coefficient (Wildman–Crippen LogP) is 2.49. The lowest BCUT2D eigenvalue weighted by Gasteiger charge is -2.17. The van der Waals surface area contributed by atoms with Gasteiger partial charge in [0.2, 0.25) is 11.7 Å². The topological polar surface area (TPSA) is 69.6 Å². The normalized spacial score (nSPS) is 13.1. The second-order valence-electron chi connectivity index (χ2n) is 4.39. The van der Waals surface area contributed by atoms with E-state index in [0.29, 0.717) is 11.7 Å². The fourth-order valence-corrected chi connectivity index (χ4v) is 3.21. The van der Waals surface area contributed by atoms with Gasteiger partial charge in [-0.3, -0.25) is 4.57 Å². The third-order valence-electron chi connectivity index (χ3n) is 3.21. The maximum atomic E-state index is 5.17. The first-order valence-electron chi connectivity index (χ1n) is 6.34. The Morgan fingerprint density at radius 3 is 3.20 bits per heavy atom. The van der Waals surface area contributed by atoms with Gasteiger partial charge in [-0.2, -0.15) is 4.98 Å². The minimum absolute atomic E-state index is 0.559. The number of hydrogen-bond donors (Lipinski definition) is 0. The highest BCUT2D eigenvalue weighted by molar-refractivity contribution is 7.98. The number of nitrogens with zero attached hydrogens (tertiary/aromatic N) is 5. The number of imidazole rings is 1. The largest absolute Gasteiger partial charge is 0.339 e. The second kappa shape index (κ2) is 4.45. The Kier molecular flexibility index (Phi) is 2.59. The number of pyridine rings is 1. The van der Waals surface area contributed by atoms with Crippen molar-refractivity contribution in [3.05, 3.63) is 36.2 Å². The van der Waals surface area contributed by atoms with Gasteiger partial charge in [0, 0.05) is 18.4 Å². The Hall–Kier alpha value is -2.15. The fourth-order valence-electron chi connectivity index (χ4n) is 2.21. The van der Waals surface area contributed by atoms with Crippen molar-refractivity contribution in [3.63, 3.8) is 0 Å². The first-order chi connectivity index (χ1) is 9.86. The van der Waals surface area contributed by atoms with Gasteiger partial charge in [-0.1, -0.05) is 23.8 Å². The highest BCUT2D eigenvalue weighted by Gasteiger charge is 2.24. The van der Waals surface area contributed by atoms with Crippen LogP contribution in [0.1, 0.15) is 18.5 Å². The molecule has 1 aliphatic heterocycles. The fraction of sp³-hybridized carbons (Fsp3) is 0.231. The molecule has 1 aliphatic rings. The molecule has 0 amide bonds. The van der Waals surface area contributed by atoms with E-state index in [1.807, 2.05) is 19.1 Å². The molecule has 6 nitrogen and oxygen atoms in total. The highest BCUT2D eigenvalue weighted by Crippen LogP contribution is 2.36. The van der Waals surface area contributed by atoms with Crippen molar-refractivity contribution in [1.29, 1.82) is 0 Å². The molecule has 3 aromatic heterocycles. The molecule has 0 bridgehead atoms. The summed E-state index contributed by atoms with van der Waals surface area (Å²) >= 11 is 1.70. The van der Waals surface area contributed by atoms with Crippen molar-refractivity contribution >= 4 is 11.8 Å². The molecule has 3 aromatic rings. The Balaban J connectivity index is 1.85. The Morgan fingerprint density at radius 1 is 1.40 bits per heavy atom. The number of aromatic nitrogens is 5. The monoisotopic (exact) mass is 285 g/mol. The van der Waals surface area contributed by atoms with Crippen LogP contribution in [0.15, 0.2) is 34.2 Å². The Labute approximate surface area is 119 Å². The maximum Gasteiger partial charge on any atom is 0.226 e. The van der Waals surface area contributed by atoms with Crippen molar-refractivity contribution in [3.8, 4) is 17.2 Å². The standard InChI is InChI=1S/C13H11N5OS/c1-2-10-16-12(17-19-10)11-9-6-20-13-8(4-3-5-14-13)18(9)7-15-11/h3-5,7H,2,6H2,1H3.